The number of phenolic OH excluding ortho intramolecular Hbond substituents is 1. The lowest BCUT2D eigenvalue weighted by Crippen LogP contribution is -2.13. The van der Waals surface area contributed by atoms with Crippen LogP contribution in [0.2, 0.25) is 0 Å². The van der Waals surface area contributed by atoms with Gasteiger partial charge in [0.1, 0.15) is 11.5 Å². The molecule has 1 heterocycles. The molecule has 2 aromatic carbocycles. The Kier molecular flexibility index (Phi) is 8.51. The second kappa shape index (κ2) is 11.1. The first kappa shape index (κ1) is 24.5. The van der Waals surface area contributed by atoms with E-state index in [9.17, 15) is 9.90 Å². The molecule has 0 aliphatic rings. The number of aryl methyl sites for hydroxylation is 1. The van der Waals surface area contributed by atoms with Crippen LogP contribution in [0, 0.1) is 0 Å². The summed E-state index contributed by atoms with van der Waals surface area (Å²) in [5.74, 6) is 2.03. The molecule has 3 rings (SSSR count). The predicted molar refractivity (Wildman–Crippen MR) is 134 cm³/mol. The molecular weight excluding hydrogens is 492 g/mol. The van der Waals surface area contributed by atoms with Gasteiger partial charge >= 0.3 is 5.97 Å². The molecule has 0 bridgehead atoms. The summed E-state index contributed by atoms with van der Waals surface area (Å²) < 4.78 is 13.8. The third kappa shape index (κ3) is 5.42. The van der Waals surface area contributed by atoms with Gasteiger partial charge in [-0.25, -0.2) is 4.79 Å². The van der Waals surface area contributed by atoms with E-state index in [2.05, 4.69) is 15.9 Å². The number of aromatic hydroxyl groups is 1. The van der Waals surface area contributed by atoms with Gasteiger partial charge in [0, 0.05) is 41.7 Å². The van der Waals surface area contributed by atoms with Crippen molar-refractivity contribution in [2.75, 3.05) is 33.1 Å². The molecule has 0 aliphatic carbocycles. The van der Waals surface area contributed by atoms with Gasteiger partial charge in [-0.2, -0.15) is 11.8 Å². The van der Waals surface area contributed by atoms with Gasteiger partial charge in [0.05, 0.1) is 28.8 Å². The van der Waals surface area contributed by atoms with Crippen molar-refractivity contribution in [3.05, 3.63) is 57.7 Å². The Bertz CT molecular complexity index is 1080. The zero-order valence-electron chi connectivity index (χ0n) is 18.9. The standard InChI is InChI=1S/C24H29BrN2O4S/c1-5-30-24(29)22-20(15-32-12-11-31-16-9-7-6-8-10-16)27(4)19-13-18(25)23(28)17(21(19)22)14-26(2)3/h6-10,13,28H,5,11-12,14-15H2,1-4H3. The van der Waals surface area contributed by atoms with Crippen molar-refractivity contribution in [3.8, 4) is 11.5 Å². The highest BCUT2D eigenvalue weighted by Gasteiger charge is 2.27. The average Bonchev–Trinajstić information content (AvgIpc) is 3.03. The number of para-hydroxylation sites is 1. The quantitative estimate of drug-likeness (QED) is 0.293. The van der Waals surface area contributed by atoms with E-state index in [1.54, 1.807) is 18.7 Å². The number of aromatic nitrogens is 1. The van der Waals surface area contributed by atoms with Crippen LogP contribution < -0.4 is 4.74 Å². The number of hydrogen-bond acceptors (Lipinski definition) is 6. The normalized spacial score (nSPS) is 11.3. The van der Waals surface area contributed by atoms with Crippen molar-refractivity contribution in [3.63, 3.8) is 0 Å². The highest BCUT2D eigenvalue weighted by molar-refractivity contribution is 9.10. The fraction of sp³-hybridized carbons (Fsp3) is 0.375. The minimum atomic E-state index is -0.365. The topological polar surface area (TPSA) is 63.9 Å². The van der Waals surface area contributed by atoms with E-state index in [1.165, 1.54) is 0 Å². The zero-order chi connectivity index (χ0) is 23.3. The first-order valence-electron chi connectivity index (χ1n) is 10.4. The van der Waals surface area contributed by atoms with Gasteiger partial charge in [-0.3, -0.25) is 0 Å². The SMILES string of the molecule is CCOC(=O)c1c(CSCCOc2ccccc2)n(C)c2cc(Br)c(O)c(CN(C)C)c12. The third-order valence-electron chi connectivity index (χ3n) is 5.07. The second-order valence-electron chi connectivity index (χ2n) is 7.63. The molecule has 0 saturated heterocycles. The fourth-order valence-electron chi connectivity index (χ4n) is 3.64. The lowest BCUT2D eigenvalue weighted by molar-refractivity contribution is 0.0527. The number of rotatable bonds is 10. The van der Waals surface area contributed by atoms with Crippen LogP contribution in [0.1, 0.15) is 28.5 Å². The third-order valence-corrected chi connectivity index (χ3v) is 6.61. The number of nitrogens with zero attached hydrogens (tertiary/aromatic N) is 2. The molecule has 0 aliphatic heterocycles. The van der Waals surface area contributed by atoms with Gasteiger partial charge in [0.25, 0.3) is 0 Å². The van der Waals surface area contributed by atoms with Crippen molar-refractivity contribution in [1.29, 1.82) is 0 Å². The highest BCUT2D eigenvalue weighted by atomic mass is 79.9. The van der Waals surface area contributed by atoms with Crippen LogP contribution in [0.4, 0.5) is 0 Å². The van der Waals surface area contributed by atoms with Crippen molar-refractivity contribution < 1.29 is 19.4 Å². The molecule has 172 valence electrons. The van der Waals surface area contributed by atoms with Crippen molar-refractivity contribution in [2.45, 2.75) is 19.2 Å². The zero-order valence-corrected chi connectivity index (χ0v) is 21.3. The number of carbonyl (C=O) groups excluding carboxylic acids is 1. The molecule has 0 radical (unpaired) electrons. The first-order chi connectivity index (χ1) is 15.3. The van der Waals surface area contributed by atoms with Gasteiger partial charge in [0.2, 0.25) is 0 Å². The molecule has 0 amide bonds. The summed E-state index contributed by atoms with van der Waals surface area (Å²) >= 11 is 5.16. The Morgan fingerprint density at radius 1 is 1.25 bits per heavy atom. The highest BCUT2D eigenvalue weighted by Crippen LogP contribution is 2.40. The van der Waals surface area contributed by atoms with E-state index in [0.717, 1.165) is 28.1 Å². The maximum absolute atomic E-state index is 13.0. The van der Waals surface area contributed by atoms with Crippen LogP contribution >= 0.6 is 27.7 Å². The molecular formula is C24H29BrN2O4S. The number of phenols is 1. The summed E-state index contributed by atoms with van der Waals surface area (Å²) in [6.45, 7) is 3.16. The minimum absolute atomic E-state index is 0.151. The summed E-state index contributed by atoms with van der Waals surface area (Å²) in [7, 11) is 5.82. The number of benzene rings is 2. The van der Waals surface area contributed by atoms with Crippen LogP contribution in [0.3, 0.4) is 0 Å². The minimum Gasteiger partial charge on any atom is -0.506 e. The molecule has 0 unspecified atom stereocenters. The summed E-state index contributed by atoms with van der Waals surface area (Å²) in [5, 5.41) is 11.5. The van der Waals surface area contributed by atoms with Crippen LogP contribution in [0.15, 0.2) is 40.9 Å². The number of hydrogen-bond donors (Lipinski definition) is 1. The molecule has 32 heavy (non-hydrogen) atoms. The smallest absolute Gasteiger partial charge is 0.340 e. The van der Waals surface area contributed by atoms with E-state index in [4.69, 9.17) is 9.47 Å². The number of carbonyl (C=O) groups is 1. The molecule has 0 fully saturated rings. The molecule has 1 N–H and O–H groups in total. The number of ether oxygens (including phenoxy) is 2. The maximum atomic E-state index is 13.0. The number of fused-ring (bicyclic) bond motifs is 1. The Labute approximate surface area is 201 Å². The fourth-order valence-corrected chi connectivity index (χ4v) is 4.98. The van der Waals surface area contributed by atoms with Crippen molar-refractivity contribution in [2.24, 2.45) is 7.05 Å². The molecule has 0 spiro atoms. The average molecular weight is 521 g/mol. The largest absolute Gasteiger partial charge is 0.506 e. The molecule has 0 saturated carbocycles. The summed E-state index contributed by atoms with van der Waals surface area (Å²) in [6, 6.07) is 11.6. The Hall–Kier alpha value is -2.16. The van der Waals surface area contributed by atoms with Crippen LogP contribution in [-0.4, -0.2) is 53.6 Å². The maximum Gasteiger partial charge on any atom is 0.340 e. The summed E-state index contributed by atoms with van der Waals surface area (Å²) in [6.07, 6.45) is 0. The monoisotopic (exact) mass is 520 g/mol. The Balaban J connectivity index is 1.92. The molecule has 1 aromatic heterocycles. The van der Waals surface area contributed by atoms with Crippen molar-refractivity contribution in [1.82, 2.24) is 9.47 Å². The van der Waals surface area contributed by atoms with Gasteiger partial charge in [-0.1, -0.05) is 18.2 Å². The Morgan fingerprint density at radius 3 is 2.62 bits per heavy atom. The lowest BCUT2D eigenvalue weighted by atomic mass is 10.0. The van der Waals surface area contributed by atoms with Crippen molar-refractivity contribution >= 4 is 44.6 Å². The first-order valence-corrected chi connectivity index (χ1v) is 12.4. The van der Waals surface area contributed by atoms with Gasteiger partial charge in [-0.15, -0.1) is 0 Å². The van der Waals surface area contributed by atoms with Crippen LogP contribution in [-0.2, 0) is 24.1 Å². The summed E-state index contributed by atoms with van der Waals surface area (Å²) in [5.41, 5.74) is 2.99. The van der Waals surface area contributed by atoms with Gasteiger partial charge in [-0.05, 0) is 55.1 Å². The Morgan fingerprint density at radius 2 is 1.97 bits per heavy atom. The summed E-state index contributed by atoms with van der Waals surface area (Å²) in [4.78, 5) is 15.0. The molecule has 6 nitrogen and oxygen atoms in total. The van der Waals surface area contributed by atoms with E-state index >= 15 is 0 Å². The number of esters is 1. The van der Waals surface area contributed by atoms with Crippen LogP contribution in [0.5, 0.6) is 11.5 Å². The second-order valence-corrected chi connectivity index (χ2v) is 9.59. The van der Waals surface area contributed by atoms with E-state index < -0.39 is 0 Å². The lowest BCUT2D eigenvalue weighted by Gasteiger charge is -2.15. The van der Waals surface area contributed by atoms with E-state index in [0.29, 0.717) is 34.5 Å². The van der Waals surface area contributed by atoms with Crippen LogP contribution in [0.25, 0.3) is 10.9 Å². The van der Waals surface area contributed by atoms with Gasteiger partial charge in [0.15, 0.2) is 0 Å². The predicted octanol–water partition coefficient (Wildman–Crippen LogP) is 5.20. The van der Waals surface area contributed by atoms with Gasteiger partial charge < -0.3 is 24.0 Å². The van der Waals surface area contributed by atoms with E-state index in [-0.39, 0.29) is 18.3 Å². The van der Waals surface area contributed by atoms with E-state index in [1.807, 2.05) is 67.0 Å². The molecule has 3 aromatic rings. The molecule has 8 heteroatoms. The number of thioether (sulfide) groups is 1. The molecule has 0 atom stereocenters. The number of halogens is 1.